The zero-order chi connectivity index (χ0) is 28.2. The molecule has 2 aromatic carbocycles. The summed E-state index contributed by atoms with van der Waals surface area (Å²) in [4.78, 5) is 45.8. The zero-order valence-electron chi connectivity index (χ0n) is 22.9. The lowest BCUT2D eigenvalue weighted by Gasteiger charge is -2.27. The number of carbonyl (C=O) groups is 3. The highest BCUT2D eigenvalue weighted by atomic mass is 16.2. The lowest BCUT2D eigenvalue weighted by Crippen LogP contribution is -2.59. The summed E-state index contributed by atoms with van der Waals surface area (Å²) < 4.78 is 0. The van der Waals surface area contributed by atoms with Gasteiger partial charge in [0.15, 0.2) is 0 Å². The molecule has 9 nitrogen and oxygen atoms in total. The topological polar surface area (TPSA) is 145 Å². The first-order valence-corrected chi connectivity index (χ1v) is 13.3. The van der Waals surface area contributed by atoms with Crippen LogP contribution < -0.4 is 21.7 Å². The fourth-order valence-corrected chi connectivity index (χ4v) is 4.63. The van der Waals surface area contributed by atoms with Gasteiger partial charge in [0.05, 0.1) is 5.54 Å². The summed E-state index contributed by atoms with van der Waals surface area (Å²) in [6.45, 7) is 7.12. The number of rotatable bonds is 11. The van der Waals surface area contributed by atoms with Crippen molar-refractivity contribution in [1.29, 1.82) is 0 Å². The van der Waals surface area contributed by atoms with E-state index in [0.717, 1.165) is 32.9 Å². The highest BCUT2D eigenvalue weighted by Crippen LogP contribution is 2.21. The van der Waals surface area contributed by atoms with Crippen LogP contribution in [0.1, 0.15) is 45.2 Å². The Labute approximate surface area is 228 Å². The number of aromatic amines is 2. The molecule has 0 aliphatic carbocycles. The van der Waals surface area contributed by atoms with Gasteiger partial charge in [0, 0.05) is 53.5 Å². The molecule has 0 saturated carbocycles. The molecule has 4 rings (SSSR count). The molecular formula is C30H38N6O3. The summed E-state index contributed by atoms with van der Waals surface area (Å²) in [6, 6.07) is 14.7. The van der Waals surface area contributed by atoms with E-state index in [-0.39, 0.29) is 18.2 Å². The number of hydrogen-bond donors (Lipinski definition) is 6. The van der Waals surface area contributed by atoms with Crippen LogP contribution in [0.3, 0.4) is 0 Å². The average Bonchev–Trinajstić information content (AvgIpc) is 3.46. The van der Waals surface area contributed by atoms with E-state index in [1.54, 1.807) is 13.8 Å². The van der Waals surface area contributed by atoms with Gasteiger partial charge in [-0.25, -0.2) is 0 Å². The Kier molecular flexibility index (Phi) is 8.40. The number of carbonyl (C=O) groups excluding carboxylic acids is 3. The van der Waals surface area contributed by atoms with Crippen molar-refractivity contribution in [2.45, 2.75) is 64.7 Å². The maximum atomic E-state index is 13.7. The first-order chi connectivity index (χ1) is 18.5. The van der Waals surface area contributed by atoms with Gasteiger partial charge >= 0.3 is 0 Å². The number of aromatic nitrogens is 2. The summed E-state index contributed by atoms with van der Waals surface area (Å²) in [7, 11) is 0. The lowest BCUT2D eigenvalue weighted by atomic mass is 10.0. The summed E-state index contributed by atoms with van der Waals surface area (Å²) in [5.74, 6) is -0.849. The first-order valence-electron chi connectivity index (χ1n) is 13.3. The number of fused-ring (bicyclic) bond motifs is 2. The van der Waals surface area contributed by atoms with Crippen LogP contribution in [0.15, 0.2) is 60.9 Å². The molecule has 4 aromatic rings. The fourth-order valence-electron chi connectivity index (χ4n) is 4.63. The lowest BCUT2D eigenvalue weighted by molar-refractivity contribution is -0.132. The molecule has 2 heterocycles. The molecule has 0 bridgehead atoms. The van der Waals surface area contributed by atoms with E-state index in [9.17, 15) is 14.4 Å². The number of hydrogen-bond acceptors (Lipinski definition) is 4. The van der Waals surface area contributed by atoms with Gasteiger partial charge in [0.2, 0.25) is 17.7 Å². The Bertz CT molecular complexity index is 1460. The predicted molar refractivity (Wildman–Crippen MR) is 154 cm³/mol. The summed E-state index contributed by atoms with van der Waals surface area (Å²) in [6.07, 6.45) is 4.00. The van der Waals surface area contributed by atoms with Crippen molar-refractivity contribution in [2.24, 2.45) is 11.7 Å². The third kappa shape index (κ3) is 7.06. The van der Waals surface area contributed by atoms with E-state index in [4.69, 9.17) is 5.73 Å². The SMILES string of the molecule is CC(C)CC(=O)N[C@@H](Cc1c[nH]c2ccccc12)NC(=O)[C@@H](Cc1c[nH]c2ccccc12)NC(=O)C(C)(C)N. The van der Waals surface area contributed by atoms with E-state index < -0.39 is 29.6 Å². The van der Waals surface area contributed by atoms with Crippen molar-refractivity contribution in [1.82, 2.24) is 25.9 Å². The second-order valence-electron chi connectivity index (χ2n) is 11.1. The van der Waals surface area contributed by atoms with Crippen LogP contribution in [0.25, 0.3) is 21.8 Å². The molecule has 7 N–H and O–H groups in total. The van der Waals surface area contributed by atoms with Crippen molar-refractivity contribution in [3.63, 3.8) is 0 Å². The number of H-pyrrole nitrogens is 2. The van der Waals surface area contributed by atoms with Crippen molar-refractivity contribution in [2.75, 3.05) is 0 Å². The molecule has 3 amide bonds. The maximum Gasteiger partial charge on any atom is 0.244 e. The quantitative estimate of drug-likeness (QED) is 0.165. The molecule has 206 valence electrons. The van der Waals surface area contributed by atoms with E-state index in [0.29, 0.717) is 12.8 Å². The molecule has 0 saturated heterocycles. The van der Waals surface area contributed by atoms with Gasteiger partial charge in [0.25, 0.3) is 0 Å². The molecular weight excluding hydrogens is 492 g/mol. The van der Waals surface area contributed by atoms with Crippen LogP contribution in [0.2, 0.25) is 0 Å². The molecule has 2 atom stereocenters. The predicted octanol–water partition coefficient (Wildman–Crippen LogP) is 3.26. The normalized spacial score (nSPS) is 13.4. The molecule has 2 aromatic heterocycles. The standard InChI is InChI=1S/C30H38N6O3/c1-18(2)13-27(37)35-26(15-20-17-33-24-12-8-6-10-22(20)24)36-28(38)25(34-29(39)30(3,4)31)14-19-16-32-23-11-7-5-9-21(19)23/h5-12,16-18,25-26,32-33H,13-15,31H2,1-4H3,(H,34,39)(H,35,37)(H,36,38)/t25-,26-/m1/s1. The number of benzene rings is 2. The van der Waals surface area contributed by atoms with Gasteiger partial charge in [-0.15, -0.1) is 0 Å². The third-order valence-corrected chi connectivity index (χ3v) is 6.65. The van der Waals surface area contributed by atoms with E-state index in [1.165, 1.54) is 0 Å². The van der Waals surface area contributed by atoms with Gasteiger partial charge < -0.3 is 31.7 Å². The Balaban J connectivity index is 1.60. The van der Waals surface area contributed by atoms with E-state index in [1.807, 2.05) is 74.8 Å². The summed E-state index contributed by atoms with van der Waals surface area (Å²) >= 11 is 0. The average molecular weight is 531 g/mol. The highest BCUT2D eigenvalue weighted by molar-refractivity contribution is 5.93. The highest BCUT2D eigenvalue weighted by Gasteiger charge is 2.30. The van der Waals surface area contributed by atoms with Gasteiger partial charge in [-0.2, -0.15) is 0 Å². The molecule has 0 spiro atoms. The van der Waals surface area contributed by atoms with Crippen molar-refractivity contribution in [3.8, 4) is 0 Å². The van der Waals surface area contributed by atoms with Gasteiger partial charge in [0.1, 0.15) is 12.2 Å². The van der Waals surface area contributed by atoms with E-state index in [2.05, 4.69) is 25.9 Å². The van der Waals surface area contributed by atoms with Crippen LogP contribution in [-0.4, -0.2) is 45.4 Å². The zero-order valence-corrected chi connectivity index (χ0v) is 22.9. The molecule has 39 heavy (non-hydrogen) atoms. The minimum Gasteiger partial charge on any atom is -0.361 e. The largest absolute Gasteiger partial charge is 0.361 e. The van der Waals surface area contributed by atoms with Crippen LogP contribution in [0.4, 0.5) is 0 Å². The molecule has 0 unspecified atom stereocenters. The minimum absolute atomic E-state index is 0.157. The monoisotopic (exact) mass is 530 g/mol. The second-order valence-corrected chi connectivity index (χ2v) is 11.1. The van der Waals surface area contributed by atoms with Crippen molar-refractivity contribution in [3.05, 3.63) is 72.1 Å². The number of nitrogens with two attached hydrogens (primary N) is 1. The Morgan fingerprint density at radius 2 is 1.36 bits per heavy atom. The first kappa shape index (κ1) is 27.9. The molecule has 0 fully saturated rings. The van der Waals surface area contributed by atoms with Gasteiger partial charge in [-0.3, -0.25) is 14.4 Å². The van der Waals surface area contributed by atoms with Crippen molar-refractivity contribution >= 4 is 39.5 Å². The van der Waals surface area contributed by atoms with Crippen LogP contribution in [0.5, 0.6) is 0 Å². The summed E-state index contributed by atoms with van der Waals surface area (Å²) in [5, 5.41) is 10.8. The Morgan fingerprint density at radius 1 is 0.821 bits per heavy atom. The third-order valence-electron chi connectivity index (χ3n) is 6.65. The molecule has 0 radical (unpaired) electrons. The summed E-state index contributed by atoms with van der Waals surface area (Å²) in [5.41, 5.74) is 8.62. The molecule has 0 aliphatic rings. The second kappa shape index (κ2) is 11.7. The molecule has 0 aliphatic heterocycles. The maximum absolute atomic E-state index is 13.7. The number of para-hydroxylation sites is 2. The van der Waals surface area contributed by atoms with Crippen LogP contribution in [-0.2, 0) is 27.2 Å². The van der Waals surface area contributed by atoms with Gasteiger partial charge in [-0.05, 0) is 43.0 Å². The van der Waals surface area contributed by atoms with E-state index >= 15 is 0 Å². The molecule has 9 heteroatoms. The Hall–Kier alpha value is -4.11. The number of amides is 3. The number of nitrogens with one attached hydrogen (secondary N) is 5. The van der Waals surface area contributed by atoms with Crippen LogP contribution >= 0.6 is 0 Å². The van der Waals surface area contributed by atoms with Crippen LogP contribution in [0, 0.1) is 5.92 Å². The van der Waals surface area contributed by atoms with Crippen molar-refractivity contribution < 1.29 is 14.4 Å². The smallest absolute Gasteiger partial charge is 0.244 e. The Morgan fingerprint density at radius 3 is 1.90 bits per heavy atom. The van der Waals surface area contributed by atoms with Gasteiger partial charge in [-0.1, -0.05) is 50.2 Å². The minimum atomic E-state index is -1.17. The fraction of sp³-hybridized carbons (Fsp3) is 0.367.